The van der Waals surface area contributed by atoms with Gasteiger partial charge in [-0.3, -0.25) is 14.6 Å². The van der Waals surface area contributed by atoms with Crippen LogP contribution in [0.2, 0.25) is 0 Å². The van der Waals surface area contributed by atoms with Crippen LogP contribution in [-0.4, -0.2) is 25.8 Å². The smallest absolute Gasteiger partial charge is 0.345 e. The first-order valence-electron chi connectivity index (χ1n) is 4.65. The van der Waals surface area contributed by atoms with Crippen molar-refractivity contribution in [2.24, 2.45) is 0 Å². The van der Waals surface area contributed by atoms with Crippen LogP contribution in [0.4, 0.5) is 0 Å². The highest BCUT2D eigenvalue weighted by Gasteiger charge is 2.21. The summed E-state index contributed by atoms with van der Waals surface area (Å²) in [5, 5.41) is 12.3. The highest BCUT2D eigenvalue weighted by atomic mass is 16.4. The number of nitrogens with zero attached hydrogens (tertiary/aromatic N) is 2. The molecule has 7 heteroatoms. The number of aromatic nitrogens is 3. The largest absolute Gasteiger partial charge is 0.480 e. The summed E-state index contributed by atoms with van der Waals surface area (Å²) in [6, 6.07) is 0. The Labute approximate surface area is 90.7 Å². The number of aromatic amines is 1. The number of aliphatic carboxylic acids is 1. The summed E-state index contributed by atoms with van der Waals surface area (Å²) in [6.07, 6.45) is 0. The molecule has 1 aromatic heterocycles. The summed E-state index contributed by atoms with van der Waals surface area (Å²) in [7, 11) is 0. The van der Waals surface area contributed by atoms with E-state index in [2.05, 4.69) is 5.10 Å². The van der Waals surface area contributed by atoms with Crippen LogP contribution in [0.5, 0.6) is 0 Å². The molecule has 16 heavy (non-hydrogen) atoms. The van der Waals surface area contributed by atoms with Gasteiger partial charge in [-0.05, 0) is 0 Å². The molecule has 0 saturated heterocycles. The molecule has 0 aliphatic heterocycles. The molecular formula is C9H13N3O4. The molecule has 1 heterocycles. The zero-order valence-corrected chi connectivity index (χ0v) is 9.27. The number of carboxylic acids is 1. The number of nitrogens with one attached hydrogen (secondary N) is 1. The summed E-state index contributed by atoms with van der Waals surface area (Å²) < 4.78 is 0.727. The zero-order valence-electron chi connectivity index (χ0n) is 9.27. The van der Waals surface area contributed by atoms with E-state index in [4.69, 9.17) is 5.11 Å². The van der Waals surface area contributed by atoms with Crippen molar-refractivity contribution in [1.29, 1.82) is 0 Å². The molecule has 2 N–H and O–H groups in total. The van der Waals surface area contributed by atoms with Crippen LogP contribution >= 0.6 is 0 Å². The fourth-order valence-corrected chi connectivity index (χ4v) is 1.16. The van der Waals surface area contributed by atoms with E-state index in [1.807, 2.05) is 4.98 Å². The van der Waals surface area contributed by atoms with Gasteiger partial charge >= 0.3 is 11.7 Å². The lowest BCUT2D eigenvalue weighted by Gasteiger charge is -2.16. The number of hydrogen-bond acceptors (Lipinski definition) is 4. The molecular weight excluding hydrogens is 214 g/mol. The Morgan fingerprint density at radius 2 is 2.00 bits per heavy atom. The van der Waals surface area contributed by atoms with Crippen molar-refractivity contribution in [3.8, 4) is 0 Å². The SMILES string of the molecule is CC(C)(C)c1nn(CC(=O)O)c(=O)[nH]c1=O. The predicted molar refractivity (Wildman–Crippen MR) is 55.5 cm³/mol. The van der Waals surface area contributed by atoms with Gasteiger partial charge in [0.25, 0.3) is 5.56 Å². The van der Waals surface area contributed by atoms with Gasteiger partial charge in [-0.1, -0.05) is 20.8 Å². The van der Waals surface area contributed by atoms with Crippen LogP contribution in [0.25, 0.3) is 0 Å². The van der Waals surface area contributed by atoms with Crippen LogP contribution in [0.1, 0.15) is 26.5 Å². The maximum Gasteiger partial charge on any atom is 0.345 e. The molecule has 0 amide bonds. The van der Waals surface area contributed by atoms with E-state index in [0.717, 1.165) is 4.68 Å². The molecule has 0 unspecified atom stereocenters. The van der Waals surface area contributed by atoms with Crippen molar-refractivity contribution in [3.05, 3.63) is 26.5 Å². The van der Waals surface area contributed by atoms with E-state index in [-0.39, 0.29) is 5.69 Å². The molecule has 0 radical (unpaired) electrons. The van der Waals surface area contributed by atoms with Gasteiger partial charge in [0.05, 0.1) is 0 Å². The first-order valence-corrected chi connectivity index (χ1v) is 4.65. The van der Waals surface area contributed by atoms with Crippen molar-refractivity contribution < 1.29 is 9.90 Å². The Bertz CT molecular complexity index is 521. The van der Waals surface area contributed by atoms with E-state index in [0.29, 0.717) is 0 Å². The maximum atomic E-state index is 11.4. The van der Waals surface area contributed by atoms with E-state index in [1.165, 1.54) is 0 Å². The quantitative estimate of drug-likeness (QED) is 0.696. The first kappa shape index (κ1) is 12.2. The van der Waals surface area contributed by atoms with E-state index in [9.17, 15) is 14.4 Å². The third kappa shape index (κ3) is 2.56. The molecule has 0 atom stereocenters. The third-order valence-corrected chi connectivity index (χ3v) is 1.89. The lowest BCUT2D eigenvalue weighted by molar-refractivity contribution is -0.138. The molecule has 0 aromatic carbocycles. The van der Waals surface area contributed by atoms with Crippen molar-refractivity contribution in [3.63, 3.8) is 0 Å². The van der Waals surface area contributed by atoms with Gasteiger partial charge in [0.1, 0.15) is 12.2 Å². The first-order chi connectivity index (χ1) is 7.21. The van der Waals surface area contributed by atoms with E-state index >= 15 is 0 Å². The van der Waals surface area contributed by atoms with Crippen LogP contribution in [0.15, 0.2) is 9.59 Å². The van der Waals surface area contributed by atoms with Crippen molar-refractivity contribution in [1.82, 2.24) is 14.8 Å². The van der Waals surface area contributed by atoms with E-state index in [1.54, 1.807) is 20.8 Å². The summed E-state index contributed by atoms with van der Waals surface area (Å²) in [5.74, 6) is -1.19. The summed E-state index contributed by atoms with van der Waals surface area (Å²) in [6.45, 7) is 4.68. The number of carboxylic acid groups (broad SMARTS) is 1. The Morgan fingerprint density at radius 3 is 2.44 bits per heavy atom. The number of rotatable bonds is 2. The molecule has 7 nitrogen and oxygen atoms in total. The average Bonchev–Trinajstić information content (AvgIpc) is 2.06. The van der Waals surface area contributed by atoms with Gasteiger partial charge in [-0.15, -0.1) is 0 Å². The Balaban J connectivity index is 3.39. The summed E-state index contributed by atoms with van der Waals surface area (Å²) in [4.78, 5) is 35.2. The minimum atomic E-state index is -1.19. The molecule has 1 aromatic rings. The maximum absolute atomic E-state index is 11.4. The van der Waals surface area contributed by atoms with Crippen LogP contribution in [0.3, 0.4) is 0 Å². The van der Waals surface area contributed by atoms with Crippen molar-refractivity contribution in [2.45, 2.75) is 32.7 Å². The fraction of sp³-hybridized carbons (Fsp3) is 0.556. The Kier molecular flexibility index (Phi) is 2.97. The standard InChI is InChI=1S/C9H13N3O4/c1-9(2,3)6-7(15)10-8(16)12(11-6)4-5(13)14/h4H2,1-3H3,(H,13,14)(H,10,15,16). The second kappa shape index (κ2) is 3.92. The molecule has 88 valence electrons. The minimum absolute atomic E-state index is 0.133. The third-order valence-electron chi connectivity index (χ3n) is 1.89. The molecule has 0 spiro atoms. The van der Waals surface area contributed by atoms with Crippen LogP contribution < -0.4 is 11.2 Å². The normalized spacial score (nSPS) is 11.4. The molecule has 0 aliphatic carbocycles. The van der Waals surface area contributed by atoms with Gasteiger partial charge < -0.3 is 5.11 Å². The molecule has 1 rings (SSSR count). The van der Waals surface area contributed by atoms with Gasteiger partial charge in [-0.25, -0.2) is 9.48 Å². The number of H-pyrrole nitrogens is 1. The lowest BCUT2D eigenvalue weighted by Crippen LogP contribution is -2.40. The molecule has 0 aliphatic rings. The Hall–Kier alpha value is -1.92. The fourth-order valence-electron chi connectivity index (χ4n) is 1.16. The minimum Gasteiger partial charge on any atom is -0.480 e. The predicted octanol–water partition coefficient (Wildman–Crippen LogP) is -0.686. The van der Waals surface area contributed by atoms with Crippen LogP contribution in [0, 0.1) is 0 Å². The number of carbonyl (C=O) groups is 1. The summed E-state index contributed by atoms with van der Waals surface area (Å²) >= 11 is 0. The molecule has 0 saturated carbocycles. The highest BCUT2D eigenvalue weighted by molar-refractivity contribution is 5.66. The average molecular weight is 227 g/mol. The zero-order chi connectivity index (χ0) is 12.5. The van der Waals surface area contributed by atoms with Gasteiger partial charge in [0.2, 0.25) is 0 Å². The second-order valence-electron chi connectivity index (χ2n) is 4.41. The lowest BCUT2D eigenvalue weighted by atomic mass is 9.93. The topological polar surface area (TPSA) is 105 Å². The van der Waals surface area contributed by atoms with Crippen molar-refractivity contribution in [2.75, 3.05) is 0 Å². The second-order valence-corrected chi connectivity index (χ2v) is 4.41. The monoisotopic (exact) mass is 227 g/mol. The molecule has 0 bridgehead atoms. The van der Waals surface area contributed by atoms with Crippen molar-refractivity contribution >= 4 is 5.97 Å². The van der Waals surface area contributed by atoms with E-state index < -0.39 is 29.2 Å². The van der Waals surface area contributed by atoms with Gasteiger partial charge in [0, 0.05) is 5.41 Å². The molecule has 0 fully saturated rings. The Morgan fingerprint density at radius 1 is 1.44 bits per heavy atom. The van der Waals surface area contributed by atoms with Gasteiger partial charge in [0.15, 0.2) is 0 Å². The number of hydrogen-bond donors (Lipinski definition) is 2. The van der Waals surface area contributed by atoms with Crippen LogP contribution in [-0.2, 0) is 16.8 Å². The summed E-state index contributed by atoms with van der Waals surface area (Å²) in [5.41, 5.74) is -1.82. The van der Waals surface area contributed by atoms with Gasteiger partial charge in [-0.2, -0.15) is 5.10 Å². The highest BCUT2D eigenvalue weighted by Crippen LogP contribution is 2.14.